The number of hydrogen-bond donors (Lipinski definition) is 3. The Balaban J connectivity index is 1.65. The molecule has 6 heteroatoms. The second-order valence-corrected chi connectivity index (χ2v) is 6.69. The van der Waals surface area contributed by atoms with Crippen molar-refractivity contribution in [2.24, 2.45) is 4.99 Å². The van der Waals surface area contributed by atoms with Crippen molar-refractivity contribution in [1.29, 1.82) is 0 Å². The molecule has 1 atom stereocenters. The van der Waals surface area contributed by atoms with Crippen LogP contribution in [0.2, 0.25) is 0 Å². The van der Waals surface area contributed by atoms with E-state index in [9.17, 15) is 4.79 Å². The Morgan fingerprint density at radius 1 is 1.03 bits per heavy atom. The molecule has 0 aliphatic carbocycles. The lowest BCUT2D eigenvalue weighted by atomic mass is 10.1. The first-order chi connectivity index (χ1) is 14.1. The van der Waals surface area contributed by atoms with Gasteiger partial charge in [0.25, 0.3) is 5.91 Å². The Bertz CT molecular complexity index is 760. The van der Waals surface area contributed by atoms with Crippen LogP contribution in [0.3, 0.4) is 0 Å². The summed E-state index contributed by atoms with van der Waals surface area (Å²) in [4.78, 5) is 16.0. The Labute approximate surface area is 173 Å². The molecule has 29 heavy (non-hydrogen) atoms. The summed E-state index contributed by atoms with van der Waals surface area (Å²) in [7, 11) is 1.75. The number of hydrogen-bond acceptors (Lipinski definition) is 3. The standard InChI is InChI=1S/C23H32N4O2/c1-4-25-22(28)21-13-11-19(12-14-21)17-27-23(24-3)26-15-8-16-29-18(2)20-9-6-5-7-10-20/h5-7,9-14,18H,4,8,15-17H2,1-3H3,(H,25,28)(H2,24,26,27). The van der Waals surface area contributed by atoms with E-state index < -0.39 is 0 Å². The number of guanidine groups is 1. The summed E-state index contributed by atoms with van der Waals surface area (Å²) in [6, 6.07) is 17.8. The highest BCUT2D eigenvalue weighted by Gasteiger charge is 2.05. The fraction of sp³-hybridized carbons (Fsp3) is 0.391. The van der Waals surface area contributed by atoms with Gasteiger partial charge in [-0.3, -0.25) is 9.79 Å². The first-order valence-electron chi connectivity index (χ1n) is 10.1. The third-order valence-corrected chi connectivity index (χ3v) is 4.49. The summed E-state index contributed by atoms with van der Waals surface area (Å²) in [5.74, 6) is 0.696. The van der Waals surface area contributed by atoms with Gasteiger partial charge in [0, 0.05) is 38.9 Å². The lowest BCUT2D eigenvalue weighted by Crippen LogP contribution is -2.37. The van der Waals surface area contributed by atoms with Gasteiger partial charge in [-0.25, -0.2) is 0 Å². The fourth-order valence-corrected chi connectivity index (χ4v) is 2.80. The maximum Gasteiger partial charge on any atom is 0.251 e. The third-order valence-electron chi connectivity index (χ3n) is 4.49. The molecule has 0 aliphatic heterocycles. The van der Waals surface area contributed by atoms with Crippen LogP contribution in [0, 0.1) is 0 Å². The number of carbonyl (C=O) groups excluding carboxylic acids is 1. The number of ether oxygens (including phenoxy) is 1. The Morgan fingerprint density at radius 2 is 1.76 bits per heavy atom. The summed E-state index contributed by atoms with van der Waals surface area (Å²) in [6.45, 7) is 6.70. The smallest absolute Gasteiger partial charge is 0.251 e. The summed E-state index contributed by atoms with van der Waals surface area (Å²) in [6.07, 6.45) is 0.982. The van der Waals surface area contributed by atoms with E-state index in [1.807, 2.05) is 49.4 Å². The maximum absolute atomic E-state index is 11.8. The molecule has 0 aromatic heterocycles. The van der Waals surface area contributed by atoms with Crippen LogP contribution < -0.4 is 16.0 Å². The zero-order valence-electron chi connectivity index (χ0n) is 17.6. The second kappa shape index (κ2) is 12.6. The molecular formula is C23H32N4O2. The molecular weight excluding hydrogens is 364 g/mol. The van der Waals surface area contributed by atoms with E-state index in [0.717, 1.165) is 24.5 Å². The van der Waals surface area contributed by atoms with Crippen molar-refractivity contribution >= 4 is 11.9 Å². The van der Waals surface area contributed by atoms with E-state index in [-0.39, 0.29) is 12.0 Å². The minimum absolute atomic E-state index is 0.0479. The zero-order chi connectivity index (χ0) is 20.9. The molecule has 0 fully saturated rings. The third kappa shape index (κ3) is 7.95. The Morgan fingerprint density at radius 3 is 2.41 bits per heavy atom. The van der Waals surface area contributed by atoms with E-state index >= 15 is 0 Å². The molecule has 2 aromatic rings. The molecule has 0 spiro atoms. The Hall–Kier alpha value is -2.86. The number of nitrogens with one attached hydrogen (secondary N) is 3. The van der Waals surface area contributed by atoms with Crippen LogP contribution in [0.1, 0.15) is 47.9 Å². The molecule has 0 saturated heterocycles. The lowest BCUT2D eigenvalue weighted by molar-refractivity contribution is 0.0646. The molecule has 0 heterocycles. The average Bonchev–Trinajstić information content (AvgIpc) is 2.76. The molecule has 0 bridgehead atoms. The van der Waals surface area contributed by atoms with Crippen LogP contribution in [0.4, 0.5) is 0 Å². The molecule has 1 amide bonds. The lowest BCUT2D eigenvalue weighted by Gasteiger charge is -2.15. The van der Waals surface area contributed by atoms with Crippen LogP contribution in [0.25, 0.3) is 0 Å². The molecule has 0 aliphatic rings. The number of carbonyl (C=O) groups is 1. The average molecular weight is 397 g/mol. The quantitative estimate of drug-likeness (QED) is 0.327. The van der Waals surface area contributed by atoms with Crippen LogP contribution in [-0.2, 0) is 11.3 Å². The maximum atomic E-state index is 11.8. The van der Waals surface area contributed by atoms with Gasteiger partial charge in [0.15, 0.2) is 5.96 Å². The van der Waals surface area contributed by atoms with Gasteiger partial charge in [-0.1, -0.05) is 42.5 Å². The summed E-state index contributed by atoms with van der Waals surface area (Å²) >= 11 is 0. The predicted molar refractivity (Wildman–Crippen MR) is 118 cm³/mol. The van der Waals surface area contributed by atoms with E-state index in [1.54, 1.807) is 7.05 Å². The van der Waals surface area contributed by atoms with Crippen LogP contribution in [0.15, 0.2) is 59.6 Å². The molecule has 2 aromatic carbocycles. The van der Waals surface area contributed by atoms with Gasteiger partial charge in [-0.05, 0) is 43.5 Å². The van der Waals surface area contributed by atoms with Crippen molar-refractivity contribution in [3.63, 3.8) is 0 Å². The predicted octanol–water partition coefficient (Wildman–Crippen LogP) is 3.27. The van der Waals surface area contributed by atoms with Crippen LogP contribution in [-0.4, -0.2) is 38.6 Å². The van der Waals surface area contributed by atoms with Gasteiger partial charge >= 0.3 is 0 Å². The first-order valence-corrected chi connectivity index (χ1v) is 10.1. The van der Waals surface area contributed by atoms with Crippen molar-refractivity contribution in [3.05, 3.63) is 71.3 Å². The first kappa shape index (κ1) is 22.4. The number of aliphatic imine (C=N–C) groups is 1. The monoisotopic (exact) mass is 396 g/mol. The van der Waals surface area contributed by atoms with Crippen LogP contribution >= 0.6 is 0 Å². The molecule has 0 saturated carbocycles. The van der Waals surface area contributed by atoms with Crippen molar-refractivity contribution in [2.45, 2.75) is 32.9 Å². The van der Waals surface area contributed by atoms with Crippen molar-refractivity contribution in [3.8, 4) is 0 Å². The minimum atomic E-state index is -0.0479. The topological polar surface area (TPSA) is 74.8 Å². The SMILES string of the molecule is CCNC(=O)c1ccc(CNC(=NC)NCCCOC(C)c2ccccc2)cc1. The minimum Gasteiger partial charge on any atom is -0.374 e. The number of amides is 1. The Kier molecular flexibility index (Phi) is 9.72. The van der Waals surface area contributed by atoms with E-state index in [2.05, 4.69) is 40.0 Å². The zero-order valence-corrected chi connectivity index (χ0v) is 17.6. The molecule has 0 radical (unpaired) electrons. The summed E-state index contributed by atoms with van der Waals surface area (Å²) in [5.41, 5.74) is 2.94. The second-order valence-electron chi connectivity index (χ2n) is 6.69. The number of nitrogens with zero attached hydrogens (tertiary/aromatic N) is 1. The van der Waals surface area contributed by atoms with E-state index in [4.69, 9.17) is 4.74 Å². The molecule has 3 N–H and O–H groups in total. The fourth-order valence-electron chi connectivity index (χ4n) is 2.80. The van der Waals surface area contributed by atoms with Gasteiger partial charge in [-0.2, -0.15) is 0 Å². The molecule has 6 nitrogen and oxygen atoms in total. The van der Waals surface area contributed by atoms with E-state index in [1.165, 1.54) is 5.56 Å². The molecule has 156 valence electrons. The number of benzene rings is 2. The normalized spacial score (nSPS) is 12.3. The van der Waals surface area contributed by atoms with Crippen LogP contribution in [0.5, 0.6) is 0 Å². The van der Waals surface area contributed by atoms with Gasteiger partial charge < -0.3 is 20.7 Å². The number of rotatable bonds is 10. The van der Waals surface area contributed by atoms with E-state index in [0.29, 0.717) is 25.3 Å². The van der Waals surface area contributed by atoms with Gasteiger partial charge in [-0.15, -0.1) is 0 Å². The molecule has 2 rings (SSSR count). The highest BCUT2D eigenvalue weighted by atomic mass is 16.5. The van der Waals surface area contributed by atoms with Crippen molar-refractivity contribution in [1.82, 2.24) is 16.0 Å². The van der Waals surface area contributed by atoms with Crippen molar-refractivity contribution in [2.75, 3.05) is 26.7 Å². The van der Waals surface area contributed by atoms with Gasteiger partial charge in [0.1, 0.15) is 0 Å². The molecule has 1 unspecified atom stereocenters. The van der Waals surface area contributed by atoms with Crippen molar-refractivity contribution < 1.29 is 9.53 Å². The van der Waals surface area contributed by atoms with Gasteiger partial charge in [0.2, 0.25) is 0 Å². The highest BCUT2D eigenvalue weighted by Crippen LogP contribution is 2.15. The summed E-state index contributed by atoms with van der Waals surface area (Å²) in [5, 5.41) is 9.37. The largest absolute Gasteiger partial charge is 0.374 e. The highest BCUT2D eigenvalue weighted by molar-refractivity contribution is 5.94. The summed E-state index contributed by atoms with van der Waals surface area (Å²) < 4.78 is 5.89. The van der Waals surface area contributed by atoms with Gasteiger partial charge in [0.05, 0.1) is 6.10 Å².